The SMILES string of the molecule is Cc1cc(C)nc(NC(=O)CCCN2C(=O)c3ccccc3C2=O)n1. The smallest absolute Gasteiger partial charge is 0.261 e. The molecule has 1 aromatic heterocycles. The quantitative estimate of drug-likeness (QED) is 0.843. The lowest BCUT2D eigenvalue weighted by molar-refractivity contribution is -0.116. The summed E-state index contributed by atoms with van der Waals surface area (Å²) in [5, 5.41) is 2.64. The number of nitrogens with zero attached hydrogens (tertiary/aromatic N) is 3. The van der Waals surface area contributed by atoms with Crippen LogP contribution in [0.1, 0.15) is 44.9 Å². The summed E-state index contributed by atoms with van der Waals surface area (Å²) in [5.74, 6) is -0.595. The number of fused-ring (bicyclic) bond motifs is 1. The molecule has 0 unspecified atom stereocenters. The van der Waals surface area contributed by atoms with Crippen molar-refractivity contribution in [3.63, 3.8) is 0 Å². The number of hydrogen-bond acceptors (Lipinski definition) is 5. The Labute approximate surface area is 145 Å². The topological polar surface area (TPSA) is 92.3 Å². The highest BCUT2D eigenvalue weighted by Crippen LogP contribution is 2.22. The van der Waals surface area contributed by atoms with Gasteiger partial charge in [0.15, 0.2) is 0 Å². The van der Waals surface area contributed by atoms with E-state index in [9.17, 15) is 14.4 Å². The van der Waals surface area contributed by atoms with E-state index in [0.717, 1.165) is 11.4 Å². The third-order valence-corrected chi connectivity index (χ3v) is 3.90. The molecule has 2 heterocycles. The molecule has 25 heavy (non-hydrogen) atoms. The number of anilines is 1. The largest absolute Gasteiger partial charge is 0.295 e. The van der Waals surface area contributed by atoms with E-state index in [0.29, 0.717) is 17.5 Å². The van der Waals surface area contributed by atoms with Crippen LogP contribution in [-0.4, -0.2) is 39.1 Å². The highest BCUT2D eigenvalue weighted by Gasteiger charge is 2.34. The number of nitrogens with one attached hydrogen (secondary N) is 1. The van der Waals surface area contributed by atoms with Crippen LogP contribution in [0.5, 0.6) is 0 Å². The Morgan fingerprint density at radius 2 is 1.60 bits per heavy atom. The molecule has 0 fully saturated rings. The van der Waals surface area contributed by atoms with Gasteiger partial charge in [-0.1, -0.05) is 12.1 Å². The van der Waals surface area contributed by atoms with Crippen molar-refractivity contribution in [2.75, 3.05) is 11.9 Å². The summed E-state index contributed by atoms with van der Waals surface area (Å²) in [5.41, 5.74) is 2.38. The Balaban J connectivity index is 1.54. The van der Waals surface area contributed by atoms with Crippen molar-refractivity contribution < 1.29 is 14.4 Å². The third kappa shape index (κ3) is 3.55. The van der Waals surface area contributed by atoms with Crippen LogP contribution in [-0.2, 0) is 4.79 Å². The Hall–Kier alpha value is -3.09. The molecule has 0 atom stereocenters. The number of benzene rings is 1. The molecule has 1 aliphatic heterocycles. The maximum absolute atomic E-state index is 12.2. The second-order valence-electron chi connectivity index (χ2n) is 5.93. The van der Waals surface area contributed by atoms with E-state index >= 15 is 0 Å². The molecular formula is C18H18N4O3. The zero-order valence-electron chi connectivity index (χ0n) is 14.1. The summed E-state index contributed by atoms with van der Waals surface area (Å²) in [6.07, 6.45) is 0.547. The highest BCUT2D eigenvalue weighted by atomic mass is 16.2. The Morgan fingerprint density at radius 1 is 1.04 bits per heavy atom. The number of carbonyl (C=O) groups is 3. The van der Waals surface area contributed by atoms with Crippen molar-refractivity contribution in [3.8, 4) is 0 Å². The molecule has 1 aliphatic rings. The number of rotatable bonds is 5. The molecule has 0 aliphatic carbocycles. The number of hydrogen-bond donors (Lipinski definition) is 1. The lowest BCUT2D eigenvalue weighted by atomic mass is 10.1. The van der Waals surface area contributed by atoms with E-state index in [4.69, 9.17) is 0 Å². The fourth-order valence-corrected chi connectivity index (χ4v) is 2.81. The van der Waals surface area contributed by atoms with Gasteiger partial charge in [0.05, 0.1) is 11.1 Å². The molecule has 1 aromatic carbocycles. The molecular weight excluding hydrogens is 320 g/mol. The summed E-state index contributed by atoms with van der Waals surface area (Å²) in [7, 11) is 0. The van der Waals surface area contributed by atoms with E-state index in [1.165, 1.54) is 4.90 Å². The minimum Gasteiger partial charge on any atom is -0.295 e. The van der Waals surface area contributed by atoms with Crippen molar-refractivity contribution in [3.05, 3.63) is 52.8 Å². The van der Waals surface area contributed by atoms with Gasteiger partial charge in [0.1, 0.15) is 0 Å². The lowest BCUT2D eigenvalue weighted by Crippen LogP contribution is -2.31. The van der Waals surface area contributed by atoms with Gasteiger partial charge in [-0.25, -0.2) is 9.97 Å². The standard InChI is InChI=1S/C18H18N4O3/c1-11-10-12(2)20-18(19-11)21-15(23)8-5-9-22-16(24)13-6-3-4-7-14(13)17(22)25/h3-4,6-7,10H,5,8-9H2,1-2H3,(H,19,20,21,23). The predicted molar refractivity (Wildman–Crippen MR) is 91.2 cm³/mol. The molecule has 0 saturated heterocycles. The van der Waals surface area contributed by atoms with Gasteiger partial charge in [-0.2, -0.15) is 0 Å². The van der Waals surface area contributed by atoms with Gasteiger partial charge in [-0.15, -0.1) is 0 Å². The average molecular weight is 338 g/mol. The predicted octanol–water partition coefficient (Wildman–Crippen LogP) is 2.11. The van der Waals surface area contributed by atoms with Gasteiger partial charge in [0.25, 0.3) is 11.8 Å². The highest BCUT2D eigenvalue weighted by molar-refractivity contribution is 6.21. The maximum Gasteiger partial charge on any atom is 0.261 e. The minimum atomic E-state index is -0.307. The van der Waals surface area contributed by atoms with Crippen LogP contribution in [0.2, 0.25) is 0 Å². The first-order valence-electron chi connectivity index (χ1n) is 8.03. The Morgan fingerprint density at radius 3 is 2.16 bits per heavy atom. The van der Waals surface area contributed by atoms with Crippen molar-refractivity contribution in [1.29, 1.82) is 0 Å². The molecule has 2 aromatic rings. The third-order valence-electron chi connectivity index (χ3n) is 3.90. The maximum atomic E-state index is 12.2. The molecule has 7 nitrogen and oxygen atoms in total. The van der Waals surface area contributed by atoms with Crippen molar-refractivity contribution in [1.82, 2.24) is 14.9 Å². The molecule has 0 radical (unpaired) electrons. The van der Waals surface area contributed by atoms with Gasteiger partial charge in [-0.05, 0) is 38.5 Å². The first-order valence-corrected chi connectivity index (χ1v) is 8.03. The van der Waals surface area contributed by atoms with E-state index in [1.54, 1.807) is 24.3 Å². The van der Waals surface area contributed by atoms with Crippen molar-refractivity contribution >= 4 is 23.7 Å². The van der Waals surface area contributed by atoms with Crippen LogP contribution in [0.4, 0.5) is 5.95 Å². The summed E-state index contributed by atoms with van der Waals surface area (Å²) < 4.78 is 0. The van der Waals surface area contributed by atoms with Crippen LogP contribution >= 0.6 is 0 Å². The van der Waals surface area contributed by atoms with Crippen LogP contribution < -0.4 is 5.32 Å². The number of imide groups is 1. The zero-order chi connectivity index (χ0) is 18.0. The minimum absolute atomic E-state index is 0.170. The summed E-state index contributed by atoms with van der Waals surface area (Å²) >= 11 is 0. The molecule has 0 bridgehead atoms. The molecule has 3 rings (SSSR count). The number of aromatic nitrogens is 2. The second-order valence-corrected chi connectivity index (χ2v) is 5.93. The van der Waals surface area contributed by atoms with Gasteiger partial charge in [0.2, 0.25) is 11.9 Å². The van der Waals surface area contributed by atoms with E-state index in [-0.39, 0.29) is 36.6 Å². The monoisotopic (exact) mass is 338 g/mol. The van der Waals surface area contributed by atoms with Gasteiger partial charge >= 0.3 is 0 Å². The van der Waals surface area contributed by atoms with E-state index < -0.39 is 0 Å². The normalized spacial score (nSPS) is 13.1. The fourth-order valence-electron chi connectivity index (χ4n) is 2.81. The van der Waals surface area contributed by atoms with Crippen molar-refractivity contribution in [2.45, 2.75) is 26.7 Å². The summed E-state index contributed by atoms with van der Waals surface area (Å²) in [6, 6.07) is 8.55. The fraction of sp³-hybridized carbons (Fsp3) is 0.278. The van der Waals surface area contributed by atoms with Gasteiger partial charge < -0.3 is 0 Å². The van der Waals surface area contributed by atoms with E-state index in [2.05, 4.69) is 15.3 Å². The molecule has 128 valence electrons. The van der Waals surface area contributed by atoms with Gasteiger partial charge in [-0.3, -0.25) is 24.6 Å². The average Bonchev–Trinajstić information content (AvgIpc) is 2.79. The zero-order valence-corrected chi connectivity index (χ0v) is 14.1. The summed E-state index contributed by atoms with van der Waals surface area (Å²) in [4.78, 5) is 46.0. The van der Waals surface area contributed by atoms with E-state index in [1.807, 2.05) is 19.9 Å². The van der Waals surface area contributed by atoms with Crippen LogP contribution in [0.25, 0.3) is 0 Å². The Bertz CT molecular complexity index is 808. The second kappa shape index (κ2) is 6.80. The number of aryl methyl sites for hydroxylation is 2. The van der Waals surface area contributed by atoms with Crippen LogP contribution in [0, 0.1) is 13.8 Å². The molecule has 0 saturated carbocycles. The molecule has 0 spiro atoms. The number of amides is 3. The first kappa shape index (κ1) is 16.8. The molecule has 1 N–H and O–H groups in total. The molecule has 3 amide bonds. The van der Waals surface area contributed by atoms with Crippen LogP contribution in [0.3, 0.4) is 0 Å². The Kier molecular flexibility index (Phi) is 4.56. The summed E-state index contributed by atoms with van der Waals surface area (Å²) in [6.45, 7) is 3.85. The lowest BCUT2D eigenvalue weighted by Gasteiger charge is -2.13. The molecule has 7 heteroatoms. The first-order chi connectivity index (χ1) is 12.0. The number of carbonyl (C=O) groups excluding carboxylic acids is 3. The van der Waals surface area contributed by atoms with Crippen LogP contribution in [0.15, 0.2) is 30.3 Å². The van der Waals surface area contributed by atoms with Crippen molar-refractivity contribution in [2.24, 2.45) is 0 Å². The van der Waals surface area contributed by atoms with Gasteiger partial charge in [0, 0.05) is 24.4 Å².